The van der Waals surface area contributed by atoms with Gasteiger partial charge < -0.3 is 4.90 Å². The van der Waals surface area contributed by atoms with Gasteiger partial charge in [0.1, 0.15) is 0 Å². The van der Waals surface area contributed by atoms with Gasteiger partial charge in [-0.1, -0.05) is 48.5 Å². The summed E-state index contributed by atoms with van der Waals surface area (Å²) in [6.45, 7) is 2.46. The minimum atomic E-state index is -0.612. The van der Waals surface area contributed by atoms with Crippen LogP contribution in [0.15, 0.2) is 60.7 Å². The molecule has 1 aliphatic heterocycles. The fraction of sp³-hybridized carbons (Fsp3) is 0.200. The van der Waals surface area contributed by atoms with Crippen LogP contribution >= 0.6 is 0 Å². The van der Waals surface area contributed by atoms with Crippen LogP contribution in [-0.4, -0.2) is 41.6 Å². The molecule has 2 aromatic rings. The molecule has 134 valence electrons. The van der Waals surface area contributed by atoms with Gasteiger partial charge >= 0.3 is 0 Å². The van der Waals surface area contributed by atoms with Crippen LogP contribution in [-0.2, 0) is 16.1 Å². The highest BCUT2D eigenvalue weighted by Gasteiger charge is 2.26. The lowest BCUT2D eigenvalue weighted by Gasteiger charge is -2.35. The summed E-state index contributed by atoms with van der Waals surface area (Å²) in [7, 11) is 0. The number of piperazine rings is 1. The van der Waals surface area contributed by atoms with E-state index in [-0.39, 0.29) is 5.91 Å². The molecule has 0 bridgehead atoms. The van der Waals surface area contributed by atoms with Crippen molar-refractivity contribution in [1.82, 2.24) is 10.4 Å². The van der Waals surface area contributed by atoms with Crippen LogP contribution in [0.25, 0.3) is 6.08 Å². The molecule has 0 atom stereocenters. The number of hydrogen-bond acceptors (Lipinski definition) is 4. The topological polar surface area (TPSA) is 72.9 Å². The highest BCUT2D eigenvalue weighted by atomic mass is 16.5. The Balaban J connectivity index is 1.71. The standard InChI is InChI=1S/C20H21N3O3/c24-19(21-26)11-10-17-8-4-5-9-18(17)23-13-12-22(15-20(23)25)14-16-6-2-1-3-7-16/h1-11,26H,12-15H2,(H,21,24)/b11-10+. The van der Waals surface area contributed by atoms with E-state index in [1.165, 1.54) is 11.6 Å². The number of amides is 2. The molecule has 2 amide bonds. The smallest absolute Gasteiger partial charge is 0.267 e. The van der Waals surface area contributed by atoms with Crippen molar-refractivity contribution in [2.75, 3.05) is 24.5 Å². The molecule has 0 saturated carbocycles. The fourth-order valence-electron chi connectivity index (χ4n) is 3.03. The van der Waals surface area contributed by atoms with Crippen LogP contribution in [0.4, 0.5) is 5.69 Å². The van der Waals surface area contributed by atoms with E-state index in [2.05, 4.69) is 17.0 Å². The number of hydroxylamine groups is 1. The molecule has 1 saturated heterocycles. The van der Waals surface area contributed by atoms with Gasteiger partial charge in [-0.2, -0.15) is 0 Å². The molecule has 6 nitrogen and oxygen atoms in total. The third-order valence-electron chi connectivity index (χ3n) is 4.30. The van der Waals surface area contributed by atoms with Crippen LogP contribution in [0.2, 0.25) is 0 Å². The van der Waals surface area contributed by atoms with Crippen LogP contribution in [0.3, 0.4) is 0 Å². The van der Waals surface area contributed by atoms with Crippen molar-refractivity contribution in [3.63, 3.8) is 0 Å². The molecule has 2 aromatic carbocycles. The monoisotopic (exact) mass is 351 g/mol. The minimum absolute atomic E-state index is 0.0274. The molecule has 0 unspecified atom stereocenters. The van der Waals surface area contributed by atoms with Gasteiger partial charge in [0, 0.05) is 25.7 Å². The highest BCUT2D eigenvalue weighted by Crippen LogP contribution is 2.24. The zero-order valence-corrected chi connectivity index (χ0v) is 14.3. The first-order valence-corrected chi connectivity index (χ1v) is 8.45. The summed E-state index contributed by atoms with van der Waals surface area (Å²) in [4.78, 5) is 27.8. The second kappa shape index (κ2) is 8.42. The molecule has 3 rings (SSSR count). The quantitative estimate of drug-likeness (QED) is 0.491. The molecule has 26 heavy (non-hydrogen) atoms. The number of carbonyl (C=O) groups is 2. The van der Waals surface area contributed by atoms with E-state index >= 15 is 0 Å². The third kappa shape index (κ3) is 4.36. The molecule has 0 aliphatic carbocycles. The maximum absolute atomic E-state index is 12.7. The Morgan fingerprint density at radius 2 is 1.81 bits per heavy atom. The average Bonchev–Trinajstić information content (AvgIpc) is 2.67. The van der Waals surface area contributed by atoms with E-state index in [1.54, 1.807) is 16.5 Å². The van der Waals surface area contributed by atoms with Crippen molar-refractivity contribution in [3.05, 3.63) is 71.8 Å². The van der Waals surface area contributed by atoms with Crippen molar-refractivity contribution in [2.45, 2.75) is 6.54 Å². The largest absolute Gasteiger partial charge is 0.309 e. The van der Waals surface area contributed by atoms with Crippen LogP contribution in [0.1, 0.15) is 11.1 Å². The van der Waals surface area contributed by atoms with Gasteiger partial charge in [-0.05, 0) is 23.3 Å². The second-order valence-electron chi connectivity index (χ2n) is 6.11. The van der Waals surface area contributed by atoms with E-state index < -0.39 is 5.91 Å². The van der Waals surface area contributed by atoms with Crippen molar-refractivity contribution >= 4 is 23.6 Å². The lowest BCUT2D eigenvalue weighted by atomic mass is 10.1. The van der Waals surface area contributed by atoms with Gasteiger partial charge in [0.15, 0.2) is 0 Å². The first kappa shape index (κ1) is 17.8. The zero-order valence-electron chi connectivity index (χ0n) is 14.3. The number of carbonyl (C=O) groups excluding carboxylic acids is 2. The van der Waals surface area contributed by atoms with Gasteiger partial charge in [0.25, 0.3) is 5.91 Å². The minimum Gasteiger partial charge on any atom is -0.309 e. The Bertz CT molecular complexity index is 805. The predicted octanol–water partition coefficient (Wildman–Crippen LogP) is 2.05. The molecular weight excluding hydrogens is 330 g/mol. The summed E-state index contributed by atoms with van der Waals surface area (Å²) in [5, 5.41) is 8.60. The number of nitrogens with one attached hydrogen (secondary N) is 1. The lowest BCUT2D eigenvalue weighted by molar-refractivity contribution is -0.124. The molecule has 1 fully saturated rings. The molecular formula is C20H21N3O3. The fourth-order valence-corrected chi connectivity index (χ4v) is 3.03. The summed E-state index contributed by atoms with van der Waals surface area (Å²) in [6, 6.07) is 17.5. The molecule has 6 heteroatoms. The van der Waals surface area contributed by atoms with Gasteiger partial charge in [-0.15, -0.1) is 0 Å². The lowest BCUT2D eigenvalue weighted by Crippen LogP contribution is -2.50. The summed E-state index contributed by atoms with van der Waals surface area (Å²) in [5.74, 6) is -0.585. The molecule has 1 aliphatic rings. The van der Waals surface area contributed by atoms with E-state index in [0.717, 1.165) is 24.3 Å². The summed E-state index contributed by atoms with van der Waals surface area (Å²) >= 11 is 0. The Morgan fingerprint density at radius 3 is 2.54 bits per heavy atom. The normalized spacial score (nSPS) is 15.4. The number of benzene rings is 2. The van der Waals surface area contributed by atoms with Crippen LogP contribution in [0.5, 0.6) is 0 Å². The molecule has 1 heterocycles. The van der Waals surface area contributed by atoms with Gasteiger partial charge in [0.05, 0.1) is 12.2 Å². The SMILES string of the molecule is O=C(/C=C/c1ccccc1N1CCN(Cc2ccccc2)CC1=O)NO. The number of hydrogen-bond donors (Lipinski definition) is 2. The van der Waals surface area contributed by atoms with Crippen molar-refractivity contribution in [1.29, 1.82) is 0 Å². The van der Waals surface area contributed by atoms with Gasteiger partial charge in [-0.3, -0.25) is 19.7 Å². The first-order valence-electron chi connectivity index (χ1n) is 8.45. The maximum Gasteiger partial charge on any atom is 0.267 e. The van der Waals surface area contributed by atoms with Crippen molar-refractivity contribution in [2.24, 2.45) is 0 Å². The number of anilines is 1. The predicted molar refractivity (Wildman–Crippen MR) is 99.5 cm³/mol. The molecule has 2 N–H and O–H groups in total. The molecule has 0 radical (unpaired) electrons. The van der Waals surface area contributed by atoms with Crippen LogP contribution < -0.4 is 10.4 Å². The Kier molecular flexibility index (Phi) is 5.78. The van der Waals surface area contributed by atoms with Crippen molar-refractivity contribution in [3.8, 4) is 0 Å². The highest BCUT2D eigenvalue weighted by molar-refractivity contribution is 5.98. The third-order valence-corrected chi connectivity index (χ3v) is 4.30. The maximum atomic E-state index is 12.7. The van der Waals surface area contributed by atoms with E-state index in [9.17, 15) is 9.59 Å². The Morgan fingerprint density at radius 1 is 1.08 bits per heavy atom. The summed E-state index contributed by atoms with van der Waals surface area (Å²) in [5.41, 5.74) is 4.26. The number of rotatable bonds is 5. The Hall–Kier alpha value is -2.96. The van der Waals surface area contributed by atoms with E-state index in [4.69, 9.17) is 5.21 Å². The first-order chi connectivity index (χ1) is 12.7. The number of nitrogens with zero attached hydrogens (tertiary/aromatic N) is 2. The van der Waals surface area contributed by atoms with Gasteiger partial charge in [-0.25, -0.2) is 5.48 Å². The Labute approximate surface area is 152 Å². The molecule has 0 spiro atoms. The number of para-hydroxylation sites is 1. The second-order valence-corrected chi connectivity index (χ2v) is 6.11. The van der Waals surface area contributed by atoms with E-state index in [0.29, 0.717) is 13.1 Å². The van der Waals surface area contributed by atoms with Crippen LogP contribution in [0, 0.1) is 0 Å². The van der Waals surface area contributed by atoms with Crippen molar-refractivity contribution < 1.29 is 14.8 Å². The average molecular weight is 351 g/mol. The summed E-state index contributed by atoms with van der Waals surface area (Å²) in [6.07, 6.45) is 2.82. The summed E-state index contributed by atoms with van der Waals surface area (Å²) < 4.78 is 0. The molecule has 0 aromatic heterocycles. The van der Waals surface area contributed by atoms with Gasteiger partial charge in [0.2, 0.25) is 5.91 Å². The van der Waals surface area contributed by atoms with E-state index in [1.807, 2.05) is 42.5 Å². The zero-order chi connectivity index (χ0) is 18.4.